The molecule has 0 saturated heterocycles. The Morgan fingerprint density at radius 2 is 1.55 bits per heavy atom. The number of anilines is 1. The number of benzene rings is 2. The van der Waals surface area contributed by atoms with Gasteiger partial charge in [-0.25, -0.2) is 4.98 Å². The number of ether oxygens (including phenoxy) is 1. The molecule has 1 aromatic heterocycles. The third kappa shape index (κ3) is 5.43. The van der Waals surface area contributed by atoms with Gasteiger partial charge in [-0.05, 0) is 90.4 Å². The summed E-state index contributed by atoms with van der Waals surface area (Å²) >= 11 is 9.11. The summed E-state index contributed by atoms with van der Waals surface area (Å²) in [6.07, 6.45) is 1.55. The lowest BCUT2D eigenvalue weighted by Crippen LogP contribution is -2.42. The zero-order valence-corrected chi connectivity index (χ0v) is 18.1. The van der Waals surface area contributed by atoms with Gasteiger partial charge in [0.1, 0.15) is 10.4 Å². The van der Waals surface area contributed by atoms with Gasteiger partial charge in [-0.2, -0.15) is 0 Å². The maximum atomic E-state index is 12.6. The lowest BCUT2D eigenvalue weighted by Gasteiger charge is -2.25. The van der Waals surface area contributed by atoms with E-state index in [1.807, 2.05) is 0 Å². The van der Waals surface area contributed by atoms with Crippen LogP contribution >= 0.6 is 27.5 Å². The summed E-state index contributed by atoms with van der Waals surface area (Å²) in [6.45, 7) is 3.34. The second kappa shape index (κ2) is 8.76. The largest absolute Gasteiger partial charge is 0.478 e. The number of ketones is 1. The number of halogens is 2. The average molecular weight is 474 g/mol. The van der Waals surface area contributed by atoms with Gasteiger partial charge >= 0.3 is 0 Å². The summed E-state index contributed by atoms with van der Waals surface area (Å²) in [7, 11) is 0. The van der Waals surface area contributed by atoms with E-state index in [4.69, 9.17) is 16.3 Å². The SMILES string of the molecule is CC(C)(Oc1ccc(C(=O)c2ccc(Cl)cc2)cc1)C(=O)Nc1ccc(Br)nc1. The molecule has 1 N–H and O–H groups in total. The first-order valence-electron chi connectivity index (χ1n) is 8.77. The fourth-order valence-electron chi connectivity index (χ4n) is 2.51. The standard InChI is InChI=1S/C22H18BrClN2O3/c1-22(2,21(28)26-17-9-12-19(23)25-13-17)29-18-10-5-15(6-11-18)20(27)14-3-7-16(24)8-4-14/h3-13H,1-2H3,(H,26,28). The number of rotatable bonds is 6. The number of hydrogen-bond donors (Lipinski definition) is 1. The van der Waals surface area contributed by atoms with Gasteiger partial charge in [0.15, 0.2) is 11.4 Å². The van der Waals surface area contributed by atoms with Gasteiger partial charge in [0.2, 0.25) is 0 Å². The van der Waals surface area contributed by atoms with Crippen molar-refractivity contribution >= 4 is 44.9 Å². The summed E-state index contributed by atoms with van der Waals surface area (Å²) < 4.78 is 6.53. The van der Waals surface area contributed by atoms with Crippen molar-refractivity contribution in [2.75, 3.05) is 5.32 Å². The molecule has 148 valence electrons. The van der Waals surface area contributed by atoms with Gasteiger partial charge in [-0.1, -0.05) is 11.6 Å². The van der Waals surface area contributed by atoms with Crippen LogP contribution in [-0.4, -0.2) is 22.3 Å². The normalized spacial score (nSPS) is 11.0. The topological polar surface area (TPSA) is 68.3 Å². The van der Waals surface area contributed by atoms with Gasteiger partial charge in [-0.15, -0.1) is 0 Å². The van der Waals surface area contributed by atoms with Gasteiger partial charge in [0.25, 0.3) is 5.91 Å². The maximum Gasteiger partial charge on any atom is 0.268 e. The fraction of sp³-hybridized carbons (Fsp3) is 0.136. The molecule has 3 aromatic rings. The average Bonchev–Trinajstić information content (AvgIpc) is 2.70. The first-order chi connectivity index (χ1) is 13.7. The van der Waals surface area contributed by atoms with E-state index in [-0.39, 0.29) is 11.7 Å². The van der Waals surface area contributed by atoms with Crippen LogP contribution in [0, 0.1) is 0 Å². The second-order valence-electron chi connectivity index (χ2n) is 6.80. The Hall–Kier alpha value is -2.70. The highest BCUT2D eigenvalue weighted by Crippen LogP contribution is 2.22. The van der Waals surface area contributed by atoms with Crippen LogP contribution in [0.1, 0.15) is 29.8 Å². The molecule has 0 aliphatic rings. The quantitative estimate of drug-likeness (QED) is 0.378. The van der Waals surface area contributed by atoms with E-state index >= 15 is 0 Å². The molecule has 0 fully saturated rings. The Balaban J connectivity index is 1.67. The van der Waals surface area contributed by atoms with Crippen molar-refractivity contribution in [3.8, 4) is 5.75 Å². The van der Waals surface area contributed by atoms with E-state index in [1.54, 1.807) is 80.7 Å². The Bertz CT molecular complexity index is 1020. The lowest BCUT2D eigenvalue weighted by atomic mass is 10.0. The molecule has 0 aliphatic carbocycles. The molecule has 5 nitrogen and oxygen atoms in total. The van der Waals surface area contributed by atoms with E-state index in [0.717, 1.165) is 0 Å². The Kier molecular flexibility index (Phi) is 6.35. The third-order valence-electron chi connectivity index (χ3n) is 4.13. The Morgan fingerprint density at radius 1 is 0.966 bits per heavy atom. The lowest BCUT2D eigenvalue weighted by molar-refractivity contribution is -0.128. The highest BCUT2D eigenvalue weighted by molar-refractivity contribution is 9.10. The zero-order chi connectivity index (χ0) is 21.0. The summed E-state index contributed by atoms with van der Waals surface area (Å²) in [5.74, 6) is 0.0441. The minimum absolute atomic E-state index is 0.118. The van der Waals surface area contributed by atoms with Crippen molar-refractivity contribution in [2.45, 2.75) is 19.4 Å². The molecule has 0 atom stereocenters. The molecular weight excluding hydrogens is 456 g/mol. The van der Waals surface area contributed by atoms with Crippen LogP contribution in [0.3, 0.4) is 0 Å². The van der Waals surface area contributed by atoms with Crippen LogP contribution in [0.25, 0.3) is 0 Å². The first kappa shape index (κ1) is 21.0. The van der Waals surface area contributed by atoms with E-state index in [9.17, 15) is 9.59 Å². The monoisotopic (exact) mass is 472 g/mol. The van der Waals surface area contributed by atoms with Crippen molar-refractivity contribution in [2.24, 2.45) is 0 Å². The summed E-state index contributed by atoms with van der Waals surface area (Å²) in [6, 6.07) is 16.8. The molecule has 3 rings (SSSR count). The predicted molar refractivity (Wildman–Crippen MR) is 117 cm³/mol. The van der Waals surface area contributed by atoms with Crippen molar-refractivity contribution in [3.63, 3.8) is 0 Å². The van der Waals surface area contributed by atoms with E-state index in [1.165, 1.54) is 0 Å². The van der Waals surface area contributed by atoms with Crippen LogP contribution in [-0.2, 0) is 4.79 Å². The Morgan fingerprint density at radius 3 is 2.10 bits per heavy atom. The molecule has 29 heavy (non-hydrogen) atoms. The molecule has 0 radical (unpaired) electrons. The van der Waals surface area contributed by atoms with E-state index in [0.29, 0.717) is 32.2 Å². The highest BCUT2D eigenvalue weighted by Gasteiger charge is 2.30. The van der Waals surface area contributed by atoms with Crippen LogP contribution in [0.4, 0.5) is 5.69 Å². The van der Waals surface area contributed by atoms with Crippen LogP contribution < -0.4 is 10.1 Å². The number of carbonyl (C=O) groups is 2. The van der Waals surface area contributed by atoms with Gasteiger partial charge < -0.3 is 10.1 Å². The van der Waals surface area contributed by atoms with Crippen LogP contribution in [0.2, 0.25) is 5.02 Å². The highest BCUT2D eigenvalue weighted by atomic mass is 79.9. The molecule has 0 spiro atoms. The molecular formula is C22H18BrClN2O3. The smallest absolute Gasteiger partial charge is 0.268 e. The fourth-order valence-corrected chi connectivity index (χ4v) is 2.88. The molecule has 2 aromatic carbocycles. The maximum absolute atomic E-state index is 12.6. The molecule has 0 bridgehead atoms. The van der Waals surface area contributed by atoms with Crippen LogP contribution in [0.15, 0.2) is 71.5 Å². The minimum atomic E-state index is -1.13. The van der Waals surface area contributed by atoms with Crippen molar-refractivity contribution in [1.29, 1.82) is 0 Å². The number of carbonyl (C=O) groups excluding carboxylic acids is 2. The molecule has 7 heteroatoms. The Labute approximate surface area is 182 Å². The summed E-state index contributed by atoms with van der Waals surface area (Å²) in [5.41, 5.74) is 0.502. The number of aromatic nitrogens is 1. The molecule has 0 unspecified atom stereocenters. The number of nitrogens with one attached hydrogen (secondary N) is 1. The van der Waals surface area contributed by atoms with Gasteiger partial charge in [0.05, 0.1) is 11.9 Å². The van der Waals surface area contributed by atoms with E-state index in [2.05, 4.69) is 26.2 Å². The van der Waals surface area contributed by atoms with Crippen molar-refractivity contribution in [1.82, 2.24) is 4.98 Å². The van der Waals surface area contributed by atoms with Gasteiger partial charge in [0, 0.05) is 16.1 Å². The molecule has 1 amide bonds. The summed E-state index contributed by atoms with van der Waals surface area (Å²) in [4.78, 5) is 29.2. The first-order valence-corrected chi connectivity index (χ1v) is 9.94. The number of pyridine rings is 1. The predicted octanol–water partition coefficient (Wildman–Crippen LogP) is 5.52. The summed E-state index contributed by atoms with van der Waals surface area (Å²) in [5, 5.41) is 3.35. The van der Waals surface area contributed by atoms with Crippen molar-refractivity contribution in [3.05, 3.63) is 87.6 Å². The number of amides is 1. The number of hydrogen-bond acceptors (Lipinski definition) is 4. The van der Waals surface area contributed by atoms with Gasteiger partial charge in [-0.3, -0.25) is 9.59 Å². The third-order valence-corrected chi connectivity index (χ3v) is 4.85. The van der Waals surface area contributed by atoms with E-state index < -0.39 is 5.60 Å². The molecule has 0 aliphatic heterocycles. The second-order valence-corrected chi connectivity index (χ2v) is 8.05. The van der Waals surface area contributed by atoms with Crippen molar-refractivity contribution < 1.29 is 14.3 Å². The molecule has 1 heterocycles. The number of nitrogens with zero attached hydrogens (tertiary/aromatic N) is 1. The van der Waals surface area contributed by atoms with Crippen LogP contribution in [0.5, 0.6) is 5.75 Å². The molecule has 0 saturated carbocycles. The zero-order valence-electron chi connectivity index (χ0n) is 15.8. The minimum Gasteiger partial charge on any atom is -0.478 e.